The lowest BCUT2D eigenvalue weighted by Crippen LogP contribution is -2.15. The standard InChI is InChI=1S/C15H18N4O/c1-2-19-10-13(9-17-19)18-15(20)12-5-6-14-11(8-12)4-3-7-16-14/h5-6,8-10,16H,2-4,7H2,1H3,(H,18,20). The second-order valence-corrected chi connectivity index (χ2v) is 4.94. The number of hydrogen-bond acceptors (Lipinski definition) is 3. The Morgan fingerprint density at radius 2 is 2.40 bits per heavy atom. The molecule has 1 amide bonds. The maximum Gasteiger partial charge on any atom is 0.255 e. The SMILES string of the molecule is CCn1cc(NC(=O)c2ccc3c(c2)CCCN3)cn1. The predicted molar refractivity (Wildman–Crippen MR) is 79.1 cm³/mol. The van der Waals surface area contributed by atoms with Crippen LogP contribution in [0, 0.1) is 0 Å². The lowest BCUT2D eigenvalue weighted by molar-refractivity contribution is 0.102. The number of benzene rings is 1. The Kier molecular flexibility index (Phi) is 3.41. The Labute approximate surface area is 118 Å². The summed E-state index contributed by atoms with van der Waals surface area (Å²) in [5.74, 6) is -0.0889. The molecule has 1 aliphatic rings. The summed E-state index contributed by atoms with van der Waals surface area (Å²) < 4.78 is 1.78. The quantitative estimate of drug-likeness (QED) is 0.901. The van der Waals surface area contributed by atoms with Crippen LogP contribution in [-0.2, 0) is 13.0 Å². The molecule has 0 aliphatic carbocycles. The molecule has 1 aliphatic heterocycles. The van der Waals surface area contributed by atoms with Crippen molar-refractivity contribution in [3.8, 4) is 0 Å². The van der Waals surface area contributed by atoms with Crippen molar-refractivity contribution in [3.05, 3.63) is 41.7 Å². The molecular weight excluding hydrogens is 252 g/mol. The second-order valence-electron chi connectivity index (χ2n) is 4.94. The zero-order chi connectivity index (χ0) is 13.9. The maximum atomic E-state index is 12.2. The van der Waals surface area contributed by atoms with Crippen molar-refractivity contribution in [2.75, 3.05) is 17.2 Å². The van der Waals surface area contributed by atoms with E-state index in [1.165, 1.54) is 5.56 Å². The normalized spacial score (nSPS) is 13.4. The van der Waals surface area contributed by atoms with Crippen molar-refractivity contribution < 1.29 is 4.79 Å². The summed E-state index contributed by atoms with van der Waals surface area (Å²) in [5, 5.41) is 10.4. The first-order valence-corrected chi connectivity index (χ1v) is 6.97. The van der Waals surface area contributed by atoms with Crippen molar-refractivity contribution >= 4 is 17.3 Å². The van der Waals surface area contributed by atoms with Gasteiger partial charge in [0.1, 0.15) is 0 Å². The number of rotatable bonds is 3. The van der Waals surface area contributed by atoms with E-state index in [0.717, 1.165) is 37.3 Å². The molecule has 0 unspecified atom stereocenters. The average molecular weight is 270 g/mol. The van der Waals surface area contributed by atoms with Crippen molar-refractivity contribution in [2.24, 2.45) is 0 Å². The van der Waals surface area contributed by atoms with Gasteiger partial charge in [0.25, 0.3) is 5.91 Å². The van der Waals surface area contributed by atoms with Gasteiger partial charge in [0, 0.05) is 30.5 Å². The van der Waals surface area contributed by atoms with Gasteiger partial charge in [0.05, 0.1) is 11.9 Å². The highest BCUT2D eigenvalue weighted by Crippen LogP contribution is 2.23. The highest BCUT2D eigenvalue weighted by Gasteiger charge is 2.13. The number of carbonyl (C=O) groups excluding carboxylic acids is 1. The third-order valence-electron chi connectivity index (χ3n) is 3.52. The van der Waals surface area contributed by atoms with Crippen molar-refractivity contribution in [3.63, 3.8) is 0 Å². The van der Waals surface area contributed by atoms with Gasteiger partial charge in [-0.25, -0.2) is 0 Å². The molecule has 3 rings (SSSR count). The summed E-state index contributed by atoms with van der Waals surface area (Å²) >= 11 is 0. The molecule has 0 radical (unpaired) electrons. The third kappa shape index (κ3) is 2.52. The van der Waals surface area contributed by atoms with Crippen LogP contribution in [-0.4, -0.2) is 22.2 Å². The number of amides is 1. The van der Waals surface area contributed by atoms with Crippen molar-refractivity contribution in [1.82, 2.24) is 9.78 Å². The smallest absolute Gasteiger partial charge is 0.255 e. The maximum absolute atomic E-state index is 12.2. The van der Waals surface area contributed by atoms with Gasteiger partial charge in [-0.05, 0) is 43.5 Å². The molecule has 0 atom stereocenters. The highest BCUT2D eigenvalue weighted by molar-refractivity contribution is 6.04. The van der Waals surface area contributed by atoms with E-state index >= 15 is 0 Å². The number of hydrogen-bond donors (Lipinski definition) is 2. The number of nitrogens with zero attached hydrogens (tertiary/aromatic N) is 2. The van der Waals surface area contributed by atoms with Gasteiger partial charge >= 0.3 is 0 Å². The molecule has 0 saturated heterocycles. The molecular formula is C15H18N4O. The van der Waals surface area contributed by atoms with Crippen LogP contribution in [0.15, 0.2) is 30.6 Å². The first-order valence-electron chi connectivity index (χ1n) is 6.97. The van der Waals surface area contributed by atoms with Crippen LogP contribution in [0.25, 0.3) is 0 Å². The Bertz CT molecular complexity index is 633. The van der Waals surface area contributed by atoms with Gasteiger partial charge in [0.2, 0.25) is 0 Å². The molecule has 1 aromatic heterocycles. The molecule has 5 nitrogen and oxygen atoms in total. The highest BCUT2D eigenvalue weighted by atomic mass is 16.1. The minimum atomic E-state index is -0.0889. The van der Waals surface area contributed by atoms with Crippen LogP contribution in [0.2, 0.25) is 0 Å². The fraction of sp³-hybridized carbons (Fsp3) is 0.333. The summed E-state index contributed by atoms with van der Waals surface area (Å²) in [7, 11) is 0. The summed E-state index contributed by atoms with van der Waals surface area (Å²) in [4.78, 5) is 12.2. The van der Waals surface area contributed by atoms with Gasteiger partial charge in [-0.15, -0.1) is 0 Å². The zero-order valence-electron chi connectivity index (χ0n) is 11.5. The molecule has 2 N–H and O–H groups in total. The molecule has 0 bridgehead atoms. The van der Waals surface area contributed by atoms with Gasteiger partial charge < -0.3 is 10.6 Å². The van der Waals surface area contributed by atoms with Crippen LogP contribution < -0.4 is 10.6 Å². The summed E-state index contributed by atoms with van der Waals surface area (Å²) in [6.45, 7) is 3.81. The van der Waals surface area contributed by atoms with E-state index in [1.54, 1.807) is 10.9 Å². The summed E-state index contributed by atoms with van der Waals surface area (Å²) in [6, 6.07) is 5.82. The van der Waals surface area contributed by atoms with Gasteiger partial charge in [0.15, 0.2) is 0 Å². The van der Waals surface area contributed by atoms with E-state index in [1.807, 2.05) is 31.3 Å². The minimum Gasteiger partial charge on any atom is -0.385 e. The lowest BCUT2D eigenvalue weighted by Gasteiger charge is -2.18. The fourth-order valence-corrected chi connectivity index (χ4v) is 2.42. The monoisotopic (exact) mass is 270 g/mol. The summed E-state index contributed by atoms with van der Waals surface area (Å²) in [6.07, 6.45) is 5.64. The zero-order valence-corrected chi connectivity index (χ0v) is 11.5. The number of nitrogens with one attached hydrogen (secondary N) is 2. The predicted octanol–water partition coefficient (Wildman–Crippen LogP) is 2.51. The van der Waals surface area contributed by atoms with E-state index in [4.69, 9.17) is 0 Å². The molecule has 0 saturated carbocycles. The van der Waals surface area contributed by atoms with E-state index in [-0.39, 0.29) is 5.91 Å². The van der Waals surface area contributed by atoms with Crippen LogP contribution in [0.1, 0.15) is 29.3 Å². The molecule has 104 valence electrons. The molecule has 2 aromatic rings. The van der Waals surface area contributed by atoms with Gasteiger partial charge in [-0.2, -0.15) is 5.10 Å². The topological polar surface area (TPSA) is 59.0 Å². The van der Waals surface area contributed by atoms with Crippen molar-refractivity contribution in [2.45, 2.75) is 26.3 Å². The minimum absolute atomic E-state index is 0.0889. The number of fused-ring (bicyclic) bond motifs is 1. The number of carbonyl (C=O) groups is 1. The van der Waals surface area contributed by atoms with Crippen molar-refractivity contribution in [1.29, 1.82) is 0 Å². The van der Waals surface area contributed by atoms with E-state index < -0.39 is 0 Å². The Balaban J connectivity index is 1.76. The molecule has 20 heavy (non-hydrogen) atoms. The first kappa shape index (κ1) is 12.7. The van der Waals surface area contributed by atoms with Crippen LogP contribution in [0.4, 0.5) is 11.4 Å². The average Bonchev–Trinajstić information content (AvgIpc) is 2.94. The van der Waals surface area contributed by atoms with E-state index in [2.05, 4.69) is 15.7 Å². The third-order valence-corrected chi connectivity index (χ3v) is 3.52. The lowest BCUT2D eigenvalue weighted by atomic mass is 10.0. The fourth-order valence-electron chi connectivity index (χ4n) is 2.42. The second kappa shape index (κ2) is 5.36. The largest absolute Gasteiger partial charge is 0.385 e. The van der Waals surface area contributed by atoms with Crippen LogP contribution in [0.3, 0.4) is 0 Å². The number of aromatic nitrogens is 2. The Morgan fingerprint density at radius 1 is 1.50 bits per heavy atom. The van der Waals surface area contributed by atoms with Gasteiger partial charge in [-0.1, -0.05) is 0 Å². The molecule has 0 fully saturated rings. The molecule has 5 heteroatoms. The molecule has 1 aromatic carbocycles. The number of anilines is 2. The van der Waals surface area contributed by atoms with E-state index in [0.29, 0.717) is 5.56 Å². The first-order chi connectivity index (χ1) is 9.76. The van der Waals surface area contributed by atoms with E-state index in [9.17, 15) is 4.79 Å². The van der Waals surface area contributed by atoms with Crippen LogP contribution >= 0.6 is 0 Å². The van der Waals surface area contributed by atoms with Crippen LogP contribution in [0.5, 0.6) is 0 Å². The Hall–Kier alpha value is -2.30. The molecule has 0 spiro atoms. The van der Waals surface area contributed by atoms with Gasteiger partial charge in [-0.3, -0.25) is 9.48 Å². The molecule has 2 heterocycles. The summed E-state index contributed by atoms with van der Waals surface area (Å²) in [5.41, 5.74) is 3.78. The Morgan fingerprint density at radius 3 is 3.20 bits per heavy atom. The number of aryl methyl sites for hydroxylation is 2.